The quantitative estimate of drug-likeness (QED) is 0.860. The molecule has 1 aliphatic heterocycles. The first-order valence-electron chi connectivity index (χ1n) is 6.91. The number of hydrogen-bond acceptors (Lipinski definition) is 3. The van der Waals surface area contributed by atoms with Gasteiger partial charge in [-0.15, -0.1) is 0 Å². The van der Waals surface area contributed by atoms with Crippen LogP contribution in [0.1, 0.15) is 37.8 Å². The van der Waals surface area contributed by atoms with Crippen LogP contribution in [0.2, 0.25) is 0 Å². The van der Waals surface area contributed by atoms with E-state index in [0.29, 0.717) is 23.6 Å². The van der Waals surface area contributed by atoms with Gasteiger partial charge < -0.3 is 0 Å². The Bertz CT molecular complexity index is 619. The zero-order chi connectivity index (χ0) is 14.8. The molecule has 2 rings (SSSR count). The highest BCUT2D eigenvalue weighted by Gasteiger charge is 2.32. The fourth-order valence-corrected chi connectivity index (χ4v) is 4.62. The Morgan fingerprint density at radius 2 is 2.00 bits per heavy atom. The molecule has 5 heteroatoms. The second-order valence-corrected chi connectivity index (χ2v) is 7.55. The van der Waals surface area contributed by atoms with E-state index in [0.717, 1.165) is 12.8 Å². The number of nitrogens with zero attached hydrogens (tertiary/aromatic N) is 2. The molecule has 0 N–H and O–H groups in total. The maximum atomic E-state index is 12.6. The van der Waals surface area contributed by atoms with Gasteiger partial charge in [0.2, 0.25) is 10.0 Å². The molecule has 1 aliphatic rings. The van der Waals surface area contributed by atoms with Gasteiger partial charge >= 0.3 is 0 Å². The van der Waals surface area contributed by atoms with Crippen LogP contribution in [0.15, 0.2) is 24.3 Å². The molecule has 0 saturated carbocycles. The molecular weight excluding hydrogens is 272 g/mol. The maximum Gasteiger partial charge on any atom is 0.218 e. The molecule has 1 heterocycles. The number of rotatable bonds is 3. The molecular formula is C15H20N2O2S. The Hall–Kier alpha value is -1.38. The monoisotopic (exact) mass is 292 g/mol. The van der Waals surface area contributed by atoms with Gasteiger partial charge in [0.25, 0.3) is 0 Å². The van der Waals surface area contributed by atoms with E-state index in [4.69, 9.17) is 5.26 Å². The number of hydrogen-bond donors (Lipinski definition) is 0. The zero-order valence-corrected chi connectivity index (χ0v) is 12.7. The van der Waals surface area contributed by atoms with Crippen molar-refractivity contribution in [1.82, 2.24) is 4.31 Å². The summed E-state index contributed by atoms with van der Waals surface area (Å²) < 4.78 is 26.8. The smallest absolute Gasteiger partial charge is 0.212 e. The molecule has 0 amide bonds. The molecule has 4 nitrogen and oxygen atoms in total. The molecule has 0 spiro atoms. The van der Waals surface area contributed by atoms with E-state index in [1.54, 1.807) is 28.6 Å². The average molecular weight is 292 g/mol. The first kappa shape index (κ1) is 15.0. The molecule has 0 aliphatic carbocycles. The van der Waals surface area contributed by atoms with Crippen molar-refractivity contribution in [2.45, 2.75) is 38.5 Å². The lowest BCUT2D eigenvalue weighted by atomic mass is 9.97. The first-order valence-corrected chi connectivity index (χ1v) is 8.52. The van der Waals surface area contributed by atoms with E-state index >= 15 is 0 Å². The highest BCUT2D eigenvalue weighted by atomic mass is 32.2. The predicted octanol–water partition coefficient (Wildman–Crippen LogP) is 2.51. The first-order chi connectivity index (χ1) is 9.44. The number of benzene rings is 1. The van der Waals surface area contributed by atoms with Crippen molar-refractivity contribution in [3.8, 4) is 6.07 Å². The number of sulfonamides is 1. The highest BCUT2D eigenvalue weighted by molar-refractivity contribution is 7.88. The van der Waals surface area contributed by atoms with Gasteiger partial charge in [-0.25, -0.2) is 8.42 Å². The summed E-state index contributed by atoms with van der Waals surface area (Å²) in [7, 11) is -3.37. The molecule has 20 heavy (non-hydrogen) atoms. The zero-order valence-electron chi connectivity index (χ0n) is 11.9. The number of piperidine rings is 1. The second kappa shape index (κ2) is 5.94. The van der Waals surface area contributed by atoms with Gasteiger partial charge in [0.15, 0.2) is 0 Å². The summed E-state index contributed by atoms with van der Waals surface area (Å²) in [5.74, 6) is 0.306. The van der Waals surface area contributed by atoms with Crippen molar-refractivity contribution in [1.29, 1.82) is 5.26 Å². The van der Waals surface area contributed by atoms with Crippen LogP contribution in [0.5, 0.6) is 0 Å². The van der Waals surface area contributed by atoms with Crippen LogP contribution >= 0.6 is 0 Å². The number of nitriles is 1. The van der Waals surface area contributed by atoms with E-state index in [1.165, 1.54) is 0 Å². The Kier molecular flexibility index (Phi) is 4.46. The average Bonchev–Trinajstić information content (AvgIpc) is 2.41. The lowest BCUT2D eigenvalue weighted by molar-refractivity contribution is 0.217. The van der Waals surface area contributed by atoms with Crippen molar-refractivity contribution in [2.75, 3.05) is 6.54 Å². The van der Waals surface area contributed by atoms with E-state index in [-0.39, 0.29) is 11.8 Å². The molecule has 0 radical (unpaired) electrons. The summed E-state index contributed by atoms with van der Waals surface area (Å²) in [5.41, 5.74) is 1.02. The van der Waals surface area contributed by atoms with Crippen LogP contribution in [0.25, 0.3) is 0 Å². The normalized spacial score (nSPS) is 24.2. The van der Waals surface area contributed by atoms with Crippen LogP contribution in [-0.2, 0) is 15.8 Å². The third kappa shape index (κ3) is 3.20. The largest absolute Gasteiger partial charge is 0.218 e. The Balaban J connectivity index is 2.25. The van der Waals surface area contributed by atoms with Crippen molar-refractivity contribution < 1.29 is 8.42 Å². The van der Waals surface area contributed by atoms with Crippen LogP contribution in [0.4, 0.5) is 0 Å². The van der Waals surface area contributed by atoms with E-state index in [2.05, 4.69) is 13.0 Å². The summed E-state index contributed by atoms with van der Waals surface area (Å²) in [4.78, 5) is 0. The van der Waals surface area contributed by atoms with Crippen LogP contribution in [-0.4, -0.2) is 25.3 Å². The molecule has 0 aromatic heterocycles. The fourth-order valence-electron chi connectivity index (χ4n) is 2.67. The summed E-state index contributed by atoms with van der Waals surface area (Å²) in [5, 5.41) is 9.06. The predicted molar refractivity (Wildman–Crippen MR) is 78.3 cm³/mol. The highest BCUT2D eigenvalue weighted by Crippen LogP contribution is 2.26. The van der Waals surface area contributed by atoms with Crippen LogP contribution < -0.4 is 0 Å². The van der Waals surface area contributed by atoms with Gasteiger partial charge in [-0.05, 0) is 37.3 Å². The van der Waals surface area contributed by atoms with Gasteiger partial charge in [-0.1, -0.05) is 25.1 Å². The van der Waals surface area contributed by atoms with Crippen molar-refractivity contribution in [2.24, 2.45) is 5.92 Å². The Morgan fingerprint density at radius 1 is 1.30 bits per heavy atom. The standard InChI is InChI=1S/C15H20N2O2S/c1-12-7-8-13(2)17(10-12)20(18,19)11-15-6-4-3-5-14(15)9-16/h3-6,12-13H,7-8,10-11H2,1-2H3. The minimum Gasteiger partial charge on any atom is -0.212 e. The molecule has 1 aromatic carbocycles. The third-order valence-corrected chi connectivity index (χ3v) is 5.79. The summed E-state index contributed by atoms with van der Waals surface area (Å²) >= 11 is 0. The van der Waals surface area contributed by atoms with Crippen LogP contribution in [0.3, 0.4) is 0 Å². The van der Waals surface area contributed by atoms with E-state index in [1.807, 2.05) is 6.92 Å². The van der Waals surface area contributed by atoms with Crippen molar-refractivity contribution in [3.05, 3.63) is 35.4 Å². The van der Waals surface area contributed by atoms with E-state index in [9.17, 15) is 8.42 Å². The maximum absolute atomic E-state index is 12.6. The van der Waals surface area contributed by atoms with Gasteiger partial charge in [0, 0.05) is 12.6 Å². The second-order valence-electron chi connectivity index (χ2n) is 5.63. The molecule has 2 unspecified atom stereocenters. The van der Waals surface area contributed by atoms with Gasteiger partial charge in [-0.3, -0.25) is 0 Å². The molecule has 1 aromatic rings. The Labute approximate surface area is 121 Å². The SMILES string of the molecule is CC1CCC(C)N(S(=O)(=O)Cc2ccccc2C#N)C1. The molecule has 2 atom stereocenters. The minimum absolute atomic E-state index is 0.0467. The van der Waals surface area contributed by atoms with Gasteiger partial charge in [0.1, 0.15) is 0 Å². The van der Waals surface area contributed by atoms with E-state index < -0.39 is 10.0 Å². The lowest BCUT2D eigenvalue weighted by Crippen LogP contribution is -2.45. The van der Waals surface area contributed by atoms with Gasteiger partial charge in [-0.2, -0.15) is 9.57 Å². The summed E-state index contributed by atoms with van der Waals surface area (Å²) in [6.07, 6.45) is 1.97. The summed E-state index contributed by atoms with van der Waals surface area (Å²) in [6, 6.07) is 9.00. The topological polar surface area (TPSA) is 61.2 Å². The molecule has 1 fully saturated rings. The van der Waals surface area contributed by atoms with Crippen molar-refractivity contribution in [3.63, 3.8) is 0 Å². The third-order valence-electron chi connectivity index (χ3n) is 3.89. The van der Waals surface area contributed by atoms with Crippen molar-refractivity contribution >= 4 is 10.0 Å². The lowest BCUT2D eigenvalue weighted by Gasteiger charge is -2.35. The fraction of sp³-hybridized carbons (Fsp3) is 0.533. The minimum atomic E-state index is -3.37. The van der Waals surface area contributed by atoms with Crippen LogP contribution in [0, 0.1) is 17.2 Å². The molecule has 108 valence electrons. The van der Waals surface area contributed by atoms with Gasteiger partial charge in [0.05, 0.1) is 17.4 Å². The summed E-state index contributed by atoms with van der Waals surface area (Å²) in [6.45, 7) is 4.62. The Morgan fingerprint density at radius 3 is 2.70 bits per heavy atom. The molecule has 1 saturated heterocycles. The molecule has 0 bridgehead atoms.